The Hall–Kier alpha value is -2.70. The molecule has 1 aromatic carbocycles. The molecular formula is C22H26Cl2N2O4. The van der Waals surface area contributed by atoms with Crippen molar-refractivity contribution in [1.82, 2.24) is 10.6 Å². The van der Waals surface area contributed by atoms with E-state index in [1.807, 2.05) is 6.92 Å². The van der Waals surface area contributed by atoms with Crippen LogP contribution in [0.25, 0.3) is 0 Å². The van der Waals surface area contributed by atoms with E-state index >= 15 is 0 Å². The van der Waals surface area contributed by atoms with Crippen molar-refractivity contribution in [1.29, 1.82) is 0 Å². The maximum atomic E-state index is 11.9. The van der Waals surface area contributed by atoms with Crippen LogP contribution >= 0.6 is 23.2 Å². The standard InChI is InChI=1S/C22H26Cl2N2O4/c1-15-13-18(9-10-19(15)24)30-14-22(28)26-16(2)8-11-21(27)25-12-6-5-7-20(29-4)17(3)23/h5-7,9-10,13H,2-3,8,11-12,14H2,1,4H3,(H,25,27)(H,26,28)/b6-5+,20-7+. The van der Waals surface area contributed by atoms with Crippen LogP contribution in [0.2, 0.25) is 5.02 Å². The molecule has 2 amide bonds. The third-order valence-corrected chi connectivity index (χ3v) is 4.37. The number of ether oxygens (including phenoxy) is 2. The minimum atomic E-state index is -0.349. The summed E-state index contributed by atoms with van der Waals surface area (Å²) in [5, 5.41) is 6.27. The molecule has 0 aliphatic rings. The van der Waals surface area contributed by atoms with Crippen LogP contribution in [0, 0.1) is 6.92 Å². The van der Waals surface area contributed by atoms with Crippen LogP contribution in [-0.2, 0) is 14.3 Å². The maximum Gasteiger partial charge on any atom is 0.262 e. The number of aryl methyl sites for hydroxylation is 1. The number of nitrogens with one attached hydrogen (secondary N) is 2. The van der Waals surface area contributed by atoms with E-state index in [-0.39, 0.29) is 24.8 Å². The van der Waals surface area contributed by atoms with Gasteiger partial charge in [0.05, 0.1) is 12.1 Å². The van der Waals surface area contributed by atoms with E-state index < -0.39 is 0 Å². The van der Waals surface area contributed by atoms with Gasteiger partial charge in [-0.2, -0.15) is 0 Å². The summed E-state index contributed by atoms with van der Waals surface area (Å²) in [6.45, 7) is 9.35. The molecule has 0 heterocycles. The van der Waals surface area contributed by atoms with Crippen molar-refractivity contribution in [3.05, 3.63) is 76.7 Å². The molecule has 0 unspecified atom stereocenters. The fraction of sp³-hybridized carbons (Fsp3) is 0.273. The molecule has 0 aliphatic carbocycles. The van der Waals surface area contributed by atoms with Crippen molar-refractivity contribution in [2.75, 3.05) is 20.3 Å². The summed E-state index contributed by atoms with van der Waals surface area (Å²) in [6.07, 6.45) is 5.60. The quantitative estimate of drug-likeness (QED) is 0.364. The highest BCUT2D eigenvalue weighted by atomic mass is 35.5. The third-order valence-electron chi connectivity index (χ3n) is 3.76. The largest absolute Gasteiger partial charge is 0.495 e. The minimum absolute atomic E-state index is 0.164. The molecule has 1 rings (SSSR count). The van der Waals surface area contributed by atoms with E-state index in [9.17, 15) is 9.59 Å². The zero-order valence-electron chi connectivity index (χ0n) is 17.1. The Morgan fingerprint density at radius 3 is 2.57 bits per heavy atom. The summed E-state index contributed by atoms with van der Waals surface area (Å²) in [6, 6.07) is 5.15. The molecule has 30 heavy (non-hydrogen) atoms. The van der Waals surface area contributed by atoms with Gasteiger partial charge in [0.25, 0.3) is 5.91 Å². The van der Waals surface area contributed by atoms with Crippen molar-refractivity contribution in [2.45, 2.75) is 19.8 Å². The molecule has 0 saturated heterocycles. The van der Waals surface area contributed by atoms with Gasteiger partial charge in [0.1, 0.15) is 11.5 Å². The molecule has 0 aromatic heterocycles. The molecule has 1 aromatic rings. The van der Waals surface area contributed by atoms with Gasteiger partial charge in [-0.25, -0.2) is 0 Å². The van der Waals surface area contributed by atoms with Crippen LogP contribution < -0.4 is 15.4 Å². The first-order valence-corrected chi connectivity index (χ1v) is 9.87. The number of hydrogen-bond donors (Lipinski definition) is 2. The van der Waals surface area contributed by atoms with Gasteiger partial charge in [-0.1, -0.05) is 48.5 Å². The van der Waals surface area contributed by atoms with Gasteiger partial charge in [-0.3, -0.25) is 9.59 Å². The molecule has 0 saturated carbocycles. The SMILES string of the molecule is C=C(CCC(=O)NC/C=C/C=C(/OC)C(=C)Cl)NC(=O)COc1ccc(Cl)c(C)c1. The Kier molecular flexibility index (Phi) is 11.4. The second kappa shape index (κ2) is 13.5. The van der Waals surface area contributed by atoms with E-state index in [0.29, 0.717) is 40.2 Å². The second-order valence-electron chi connectivity index (χ2n) is 6.22. The first kappa shape index (κ1) is 25.3. The number of carbonyl (C=O) groups is 2. The summed E-state index contributed by atoms with van der Waals surface area (Å²) in [5.74, 6) is 0.479. The number of rotatable bonds is 12. The van der Waals surface area contributed by atoms with Gasteiger partial charge < -0.3 is 20.1 Å². The molecule has 0 spiro atoms. The van der Waals surface area contributed by atoms with E-state index in [1.54, 1.807) is 36.4 Å². The number of hydrogen-bond acceptors (Lipinski definition) is 4. The smallest absolute Gasteiger partial charge is 0.262 e. The normalized spacial score (nSPS) is 11.1. The monoisotopic (exact) mass is 452 g/mol. The van der Waals surface area contributed by atoms with Crippen LogP contribution in [-0.4, -0.2) is 32.1 Å². The van der Waals surface area contributed by atoms with Crippen LogP contribution in [0.15, 0.2) is 66.1 Å². The van der Waals surface area contributed by atoms with E-state index in [0.717, 1.165) is 5.56 Å². The van der Waals surface area contributed by atoms with E-state index in [4.69, 9.17) is 32.7 Å². The van der Waals surface area contributed by atoms with Gasteiger partial charge in [-0.05, 0) is 43.2 Å². The van der Waals surface area contributed by atoms with E-state index in [1.165, 1.54) is 7.11 Å². The lowest BCUT2D eigenvalue weighted by atomic mass is 10.2. The van der Waals surface area contributed by atoms with Crippen LogP contribution in [0.1, 0.15) is 18.4 Å². The molecule has 8 heteroatoms. The van der Waals surface area contributed by atoms with Gasteiger partial charge in [0.2, 0.25) is 5.91 Å². The van der Waals surface area contributed by atoms with Gasteiger partial charge in [0, 0.05) is 23.7 Å². The lowest BCUT2D eigenvalue weighted by Crippen LogP contribution is -2.29. The molecule has 6 nitrogen and oxygen atoms in total. The van der Waals surface area contributed by atoms with Crippen LogP contribution in [0.4, 0.5) is 0 Å². The summed E-state index contributed by atoms with van der Waals surface area (Å²) in [5.41, 5.74) is 1.30. The minimum Gasteiger partial charge on any atom is -0.495 e. The Morgan fingerprint density at radius 2 is 1.93 bits per heavy atom. The molecule has 2 N–H and O–H groups in total. The second-order valence-corrected chi connectivity index (χ2v) is 7.09. The molecule has 162 valence electrons. The topological polar surface area (TPSA) is 76.7 Å². The zero-order chi connectivity index (χ0) is 22.5. The maximum absolute atomic E-state index is 11.9. The summed E-state index contributed by atoms with van der Waals surface area (Å²) in [7, 11) is 1.49. The van der Waals surface area contributed by atoms with Crippen molar-refractivity contribution >= 4 is 35.0 Å². The average Bonchev–Trinajstić information content (AvgIpc) is 2.69. The Balaban J connectivity index is 2.26. The summed E-state index contributed by atoms with van der Waals surface area (Å²) < 4.78 is 10.4. The first-order valence-electron chi connectivity index (χ1n) is 9.11. The Bertz CT molecular complexity index is 848. The molecule has 0 bridgehead atoms. The van der Waals surface area contributed by atoms with E-state index in [2.05, 4.69) is 23.8 Å². The van der Waals surface area contributed by atoms with Gasteiger partial charge in [0.15, 0.2) is 6.61 Å². The fourth-order valence-electron chi connectivity index (χ4n) is 2.17. The lowest BCUT2D eigenvalue weighted by Gasteiger charge is -2.10. The van der Waals surface area contributed by atoms with Gasteiger partial charge >= 0.3 is 0 Å². The highest BCUT2D eigenvalue weighted by Gasteiger charge is 2.07. The van der Waals surface area contributed by atoms with Crippen molar-refractivity contribution in [3.63, 3.8) is 0 Å². The third kappa shape index (κ3) is 10.2. The number of allylic oxidation sites excluding steroid dienone is 4. The highest BCUT2D eigenvalue weighted by molar-refractivity contribution is 6.31. The number of carbonyl (C=O) groups excluding carboxylic acids is 2. The molecular weight excluding hydrogens is 427 g/mol. The number of benzene rings is 1. The molecule has 0 aliphatic heterocycles. The van der Waals surface area contributed by atoms with Crippen LogP contribution in [0.5, 0.6) is 5.75 Å². The van der Waals surface area contributed by atoms with Crippen molar-refractivity contribution in [3.8, 4) is 5.75 Å². The Morgan fingerprint density at radius 1 is 1.20 bits per heavy atom. The lowest BCUT2D eigenvalue weighted by molar-refractivity contribution is -0.123. The zero-order valence-corrected chi connectivity index (χ0v) is 18.6. The highest BCUT2D eigenvalue weighted by Crippen LogP contribution is 2.20. The fourth-order valence-corrected chi connectivity index (χ4v) is 2.43. The van der Waals surface area contributed by atoms with Gasteiger partial charge in [-0.15, -0.1) is 0 Å². The molecule has 0 atom stereocenters. The number of halogens is 2. The predicted octanol–water partition coefficient (Wildman–Crippen LogP) is 4.39. The summed E-state index contributed by atoms with van der Waals surface area (Å²) >= 11 is 11.7. The first-order chi connectivity index (χ1) is 14.2. The molecule has 0 radical (unpaired) electrons. The molecule has 0 fully saturated rings. The average molecular weight is 453 g/mol. The number of methoxy groups -OCH3 is 1. The van der Waals surface area contributed by atoms with Crippen molar-refractivity contribution < 1.29 is 19.1 Å². The van der Waals surface area contributed by atoms with Crippen LogP contribution in [0.3, 0.4) is 0 Å². The number of amides is 2. The van der Waals surface area contributed by atoms with Crippen molar-refractivity contribution in [2.24, 2.45) is 0 Å². The predicted molar refractivity (Wildman–Crippen MR) is 120 cm³/mol. The summed E-state index contributed by atoms with van der Waals surface area (Å²) in [4.78, 5) is 23.8. The Labute approximate surface area is 187 Å².